The zero-order valence-electron chi connectivity index (χ0n) is 15.6. The second-order valence-electron chi connectivity index (χ2n) is 5.58. The monoisotopic (exact) mass is 372 g/mol. The van der Waals surface area contributed by atoms with E-state index in [1.165, 1.54) is 55.5 Å². The normalized spacial score (nSPS) is 12.3. The van der Waals surface area contributed by atoms with Crippen molar-refractivity contribution in [1.82, 2.24) is 0 Å². The van der Waals surface area contributed by atoms with Gasteiger partial charge in [-0.15, -0.1) is 0 Å². The SMILES string of the molecule is COc1cc(C=CC(=O)C(C)(C)P(=O)(OC)OC)cc(OC)c1OC. The zero-order chi connectivity index (χ0) is 19.3. The molecule has 0 amide bonds. The molecule has 0 fully saturated rings. The highest BCUT2D eigenvalue weighted by atomic mass is 31.2. The summed E-state index contributed by atoms with van der Waals surface area (Å²) in [7, 11) is 3.45. The maximum Gasteiger partial charge on any atom is 0.343 e. The second kappa shape index (κ2) is 8.52. The molecule has 7 nitrogen and oxygen atoms in total. The Labute approximate surface area is 148 Å². The zero-order valence-corrected chi connectivity index (χ0v) is 16.5. The molecule has 0 spiro atoms. The van der Waals surface area contributed by atoms with Crippen molar-refractivity contribution >= 4 is 19.5 Å². The number of allylic oxidation sites excluding steroid dienone is 1. The number of hydrogen-bond acceptors (Lipinski definition) is 7. The maximum atomic E-state index is 12.6. The van der Waals surface area contributed by atoms with Crippen molar-refractivity contribution < 1.29 is 32.6 Å². The largest absolute Gasteiger partial charge is 0.493 e. The maximum absolute atomic E-state index is 12.6. The number of ether oxygens (including phenoxy) is 3. The van der Waals surface area contributed by atoms with Crippen molar-refractivity contribution in [2.75, 3.05) is 35.5 Å². The van der Waals surface area contributed by atoms with Crippen LogP contribution in [0.3, 0.4) is 0 Å². The van der Waals surface area contributed by atoms with E-state index in [9.17, 15) is 9.36 Å². The Morgan fingerprint density at radius 1 is 0.960 bits per heavy atom. The van der Waals surface area contributed by atoms with E-state index in [-0.39, 0.29) is 0 Å². The topological polar surface area (TPSA) is 80.3 Å². The molecule has 1 aromatic carbocycles. The second-order valence-corrected chi connectivity index (χ2v) is 8.42. The third kappa shape index (κ3) is 4.24. The van der Waals surface area contributed by atoms with E-state index in [1.54, 1.807) is 18.2 Å². The molecule has 25 heavy (non-hydrogen) atoms. The van der Waals surface area contributed by atoms with Crippen LogP contribution in [0.2, 0.25) is 0 Å². The Balaban J connectivity index is 3.21. The molecular weight excluding hydrogens is 347 g/mol. The van der Waals surface area contributed by atoms with Gasteiger partial charge in [0.15, 0.2) is 17.3 Å². The van der Waals surface area contributed by atoms with Crippen molar-refractivity contribution in [2.24, 2.45) is 0 Å². The summed E-state index contributed by atoms with van der Waals surface area (Å²) in [6, 6.07) is 3.40. The lowest BCUT2D eigenvalue weighted by atomic mass is 10.1. The van der Waals surface area contributed by atoms with Crippen LogP contribution in [0.5, 0.6) is 17.2 Å². The minimum atomic E-state index is -3.57. The van der Waals surface area contributed by atoms with E-state index in [1.807, 2.05) is 0 Å². The smallest absolute Gasteiger partial charge is 0.343 e. The van der Waals surface area contributed by atoms with E-state index >= 15 is 0 Å². The van der Waals surface area contributed by atoms with Crippen LogP contribution in [-0.2, 0) is 18.4 Å². The molecule has 1 aromatic rings. The van der Waals surface area contributed by atoms with Crippen molar-refractivity contribution in [2.45, 2.75) is 19.0 Å². The van der Waals surface area contributed by atoms with Crippen LogP contribution in [0.4, 0.5) is 0 Å². The van der Waals surface area contributed by atoms with E-state index in [2.05, 4.69) is 0 Å². The average molecular weight is 372 g/mol. The van der Waals surface area contributed by atoms with Gasteiger partial charge in [0.25, 0.3) is 0 Å². The van der Waals surface area contributed by atoms with Gasteiger partial charge in [0, 0.05) is 14.2 Å². The molecule has 140 valence electrons. The summed E-state index contributed by atoms with van der Waals surface area (Å²) in [6.45, 7) is 3.03. The minimum absolute atomic E-state index is 0.395. The summed E-state index contributed by atoms with van der Waals surface area (Å²) in [6.07, 6.45) is 2.90. The predicted octanol–water partition coefficient (Wildman–Crippen LogP) is 3.56. The third-order valence-electron chi connectivity index (χ3n) is 3.88. The average Bonchev–Trinajstić information content (AvgIpc) is 2.63. The van der Waals surface area contributed by atoms with Crippen LogP contribution >= 0.6 is 7.60 Å². The molecule has 8 heteroatoms. The molecule has 0 aromatic heterocycles. The number of ketones is 1. The Morgan fingerprint density at radius 3 is 1.80 bits per heavy atom. The molecule has 0 N–H and O–H groups in total. The molecule has 0 aliphatic rings. The van der Waals surface area contributed by atoms with Crippen LogP contribution in [0.25, 0.3) is 6.08 Å². The summed E-state index contributed by atoms with van der Waals surface area (Å²) in [5.74, 6) is 0.991. The summed E-state index contributed by atoms with van der Waals surface area (Å²) >= 11 is 0. The van der Waals surface area contributed by atoms with Gasteiger partial charge in [-0.3, -0.25) is 9.36 Å². The first kappa shape index (κ1) is 21.2. The minimum Gasteiger partial charge on any atom is -0.493 e. The Kier molecular flexibility index (Phi) is 7.23. The highest BCUT2D eigenvalue weighted by Gasteiger charge is 2.46. The molecule has 0 heterocycles. The molecule has 0 radical (unpaired) electrons. The Bertz CT molecular complexity index is 661. The van der Waals surface area contributed by atoms with Gasteiger partial charge >= 0.3 is 7.60 Å². The first-order chi connectivity index (χ1) is 11.7. The summed E-state index contributed by atoms with van der Waals surface area (Å²) in [5, 5.41) is -1.33. The summed E-state index contributed by atoms with van der Waals surface area (Å²) < 4.78 is 38.3. The number of rotatable bonds is 9. The van der Waals surface area contributed by atoms with Gasteiger partial charge in [0.1, 0.15) is 5.16 Å². The fourth-order valence-corrected chi connectivity index (χ4v) is 3.65. The van der Waals surface area contributed by atoms with E-state index in [0.717, 1.165) is 0 Å². The molecule has 1 rings (SSSR count). The van der Waals surface area contributed by atoms with Crippen LogP contribution < -0.4 is 14.2 Å². The van der Waals surface area contributed by atoms with Crippen molar-refractivity contribution in [1.29, 1.82) is 0 Å². The van der Waals surface area contributed by atoms with Crippen LogP contribution in [0, 0.1) is 0 Å². The standard InChI is InChI=1S/C17H25O7P/c1-17(2,25(19,23-6)24-7)15(18)9-8-12-10-13(20-3)16(22-5)14(11-12)21-4/h8-11H,1-7H3. The fraction of sp³-hybridized carbons (Fsp3) is 0.471. The van der Waals surface area contributed by atoms with E-state index in [0.29, 0.717) is 22.8 Å². The molecule has 0 unspecified atom stereocenters. The lowest BCUT2D eigenvalue weighted by Crippen LogP contribution is -2.31. The summed E-state index contributed by atoms with van der Waals surface area (Å²) in [5.41, 5.74) is 0.656. The highest BCUT2D eigenvalue weighted by molar-refractivity contribution is 7.56. The molecule has 0 saturated heterocycles. The van der Waals surface area contributed by atoms with Crippen molar-refractivity contribution in [3.05, 3.63) is 23.8 Å². The fourth-order valence-electron chi connectivity index (χ4n) is 2.24. The highest BCUT2D eigenvalue weighted by Crippen LogP contribution is 2.59. The number of hydrogen-bond donors (Lipinski definition) is 0. The van der Waals surface area contributed by atoms with Gasteiger partial charge in [-0.2, -0.15) is 0 Å². The Morgan fingerprint density at radius 2 is 1.44 bits per heavy atom. The lowest BCUT2D eigenvalue weighted by Gasteiger charge is -2.28. The first-order valence-corrected chi connectivity index (χ1v) is 8.99. The predicted molar refractivity (Wildman–Crippen MR) is 95.8 cm³/mol. The van der Waals surface area contributed by atoms with Crippen molar-refractivity contribution in [3.63, 3.8) is 0 Å². The van der Waals surface area contributed by atoms with Gasteiger partial charge in [-0.05, 0) is 37.6 Å². The number of carbonyl (C=O) groups excluding carboxylic acids is 1. The van der Waals surface area contributed by atoms with Gasteiger partial charge in [0.2, 0.25) is 5.75 Å². The van der Waals surface area contributed by atoms with Gasteiger partial charge in [-0.25, -0.2) is 0 Å². The number of methoxy groups -OCH3 is 3. The molecule has 0 atom stereocenters. The molecule has 0 aliphatic carbocycles. The van der Waals surface area contributed by atoms with E-state index in [4.69, 9.17) is 23.3 Å². The molecular formula is C17H25O7P. The number of benzene rings is 1. The lowest BCUT2D eigenvalue weighted by molar-refractivity contribution is -0.116. The third-order valence-corrected chi connectivity index (χ3v) is 6.43. The van der Waals surface area contributed by atoms with Crippen LogP contribution in [-0.4, -0.2) is 46.5 Å². The van der Waals surface area contributed by atoms with E-state index < -0.39 is 18.5 Å². The Hall–Kier alpha value is -1.82. The van der Waals surface area contributed by atoms with Crippen molar-refractivity contribution in [3.8, 4) is 17.2 Å². The molecule has 0 aliphatic heterocycles. The van der Waals surface area contributed by atoms with Gasteiger partial charge < -0.3 is 23.3 Å². The van der Waals surface area contributed by atoms with Crippen LogP contribution in [0.15, 0.2) is 18.2 Å². The van der Waals surface area contributed by atoms with Crippen LogP contribution in [0.1, 0.15) is 19.4 Å². The first-order valence-electron chi connectivity index (χ1n) is 7.44. The summed E-state index contributed by atoms with van der Waals surface area (Å²) in [4.78, 5) is 12.5. The molecule has 0 saturated carbocycles. The molecule has 0 bridgehead atoms. The quantitative estimate of drug-likeness (QED) is 0.484. The number of carbonyl (C=O) groups is 1. The van der Waals surface area contributed by atoms with Gasteiger partial charge in [0.05, 0.1) is 21.3 Å². The van der Waals surface area contributed by atoms with Gasteiger partial charge in [-0.1, -0.05) is 6.08 Å².